The molecular weight excluding hydrogens is 314 g/mol. The van der Waals surface area contributed by atoms with Gasteiger partial charge < -0.3 is 5.32 Å². The predicted molar refractivity (Wildman–Crippen MR) is 92.5 cm³/mol. The van der Waals surface area contributed by atoms with Gasteiger partial charge in [-0.05, 0) is 56.0 Å². The maximum absolute atomic E-state index is 12.6. The molecule has 0 saturated carbocycles. The zero-order valence-corrected chi connectivity index (χ0v) is 14.8. The van der Waals surface area contributed by atoms with Gasteiger partial charge in [-0.1, -0.05) is 0 Å². The largest absolute Gasteiger partial charge is 0.351 e. The maximum atomic E-state index is 12.6. The Hall–Kier alpha value is -1.27. The Balaban J connectivity index is 1.64. The molecule has 2 aromatic rings. The Morgan fingerprint density at radius 1 is 1.55 bits per heavy atom. The molecule has 0 aromatic carbocycles. The summed E-state index contributed by atoms with van der Waals surface area (Å²) in [7, 11) is 0. The summed E-state index contributed by atoms with van der Waals surface area (Å²) in [5.74, 6) is 1.15. The number of amides is 1. The van der Waals surface area contributed by atoms with Gasteiger partial charge in [-0.25, -0.2) is 0 Å². The number of carbonyl (C=O) groups excluding carboxylic acids is 1. The van der Waals surface area contributed by atoms with Crippen molar-refractivity contribution in [1.82, 2.24) is 15.1 Å². The van der Waals surface area contributed by atoms with E-state index in [0.29, 0.717) is 6.54 Å². The molecule has 0 unspecified atom stereocenters. The van der Waals surface area contributed by atoms with E-state index in [9.17, 15) is 4.79 Å². The van der Waals surface area contributed by atoms with Crippen LogP contribution in [0.2, 0.25) is 0 Å². The van der Waals surface area contributed by atoms with Gasteiger partial charge in [0.1, 0.15) is 5.25 Å². The van der Waals surface area contributed by atoms with Gasteiger partial charge in [-0.2, -0.15) is 5.10 Å². The molecular formula is C16H21N3OS2. The van der Waals surface area contributed by atoms with Crippen molar-refractivity contribution in [1.29, 1.82) is 0 Å². The smallest absolute Gasteiger partial charge is 0.237 e. The number of hydrogen-bond donors (Lipinski definition) is 1. The SMILES string of the molecule is Cc1cc(C)n(C[C@@H](C)NC(=O)[C@@H]2SCCc3sccc32)n1. The highest BCUT2D eigenvalue weighted by molar-refractivity contribution is 8.00. The molecule has 6 heteroatoms. The number of thiophene rings is 1. The molecule has 3 heterocycles. The van der Waals surface area contributed by atoms with Crippen LogP contribution in [0, 0.1) is 13.8 Å². The number of rotatable bonds is 4. The number of aromatic nitrogens is 2. The zero-order chi connectivity index (χ0) is 15.7. The van der Waals surface area contributed by atoms with E-state index in [2.05, 4.69) is 27.9 Å². The molecule has 2 aromatic heterocycles. The van der Waals surface area contributed by atoms with Gasteiger partial charge in [-0.3, -0.25) is 9.48 Å². The summed E-state index contributed by atoms with van der Waals surface area (Å²) in [5.41, 5.74) is 3.35. The fraction of sp³-hybridized carbons (Fsp3) is 0.500. The lowest BCUT2D eigenvalue weighted by molar-refractivity contribution is -0.121. The minimum atomic E-state index is -0.0575. The summed E-state index contributed by atoms with van der Waals surface area (Å²) in [6, 6.07) is 4.22. The van der Waals surface area contributed by atoms with Crippen molar-refractivity contribution < 1.29 is 4.79 Å². The lowest BCUT2D eigenvalue weighted by atomic mass is 10.1. The van der Waals surface area contributed by atoms with Crippen LogP contribution in [0.5, 0.6) is 0 Å². The van der Waals surface area contributed by atoms with Crippen LogP contribution in [0.1, 0.15) is 34.0 Å². The average Bonchev–Trinajstić information content (AvgIpc) is 3.05. The Morgan fingerprint density at radius 3 is 3.09 bits per heavy atom. The maximum Gasteiger partial charge on any atom is 0.237 e. The van der Waals surface area contributed by atoms with Crippen LogP contribution in [-0.2, 0) is 17.8 Å². The highest BCUT2D eigenvalue weighted by Gasteiger charge is 2.28. The monoisotopic (exact) mass is 335 g/mol. The number of thioether (sulfide) groups is 1. The van der Waals surface area contributed by atoms with Crippen LogP contribution in [0.25, 0.3) is 0 Å². The molecule has 2 atom stereocenters. The van der Waals surface area contributed by atoms with Gasteiger partial charge in [0, 0.05) is 16.6 Å². The van der Waals surface area contributed by atoms with Crippen LogP contribution < -0.4 is 5.32 Å². The summed E-state index contributed by atoms with van der Waals surface area (Å²) >= 11 is 3.51. The lowest BCUT2D eigenvalue weighted by Crippen LogP contribution is -2.39. The first-order chi connectivity index (χ1) is 10.5. The van der Waals surface area contributed by atoms with Crippen molar-refractivity contribution >= 4 is 29.0 Å². The third kappa shape index (κ3) is 3.22. The summed E-state index contributed by atoms with van der Waals surface area (Å²) in [5, 5.41) is 9.64. The minimum Gasteiger partial charge on any atom is -0.351 e. The average molecular weight is 335 g/mol. The van der Waals surface area contributed by atoms with Crippen LogP contribution in [0.4, 0.5) is 0 Å². The second-order valence-corrected chi connectivity index (χ2v) is 8.03. The van der Waals surface area contributed by atoms with E-state index in [1.165, 1.54) is 10.4 Å². The Morgan fingerprint density at radius 2 is 2.36 bits per heavy atom. The van der Waals surface area contributed by atoms with Crippen LogP contribution in [0.3, 0.4) is 0 Å². The van der Waals surface area contributed by atoms with Crippen molar-refractivity contribution in [2.24, 2.45) is 0 Å². The highest BCUT2D eigenvalue weighted by atomic mass is 32.2. The van der Waals surface area contributed by atoms with E-state index in [1.54, 1.807) is 23.1 Å². The molecule has 1 aliphatic rings. The van der Waals surface area contributed by atoms with Gasteiger partial charge in [0.15, 0.2) is 0 Å². The van der Waals surface area contributed by atoms with Crippen LogP contribution in [-0.4, -0.2) is 27.5 Å². The molecule has 22 heavy (non-hydrogen) atoms. The molecule has 0 spiro atoms. The predicted octanol–water partition coefficient (Wildman–Crippen LogP) is 3.10. The van der Waals surface area contributed by atoms with Crippen LogP contribution in [0.15, 0.2) is 17.5 Å². The van der Waals surface area contributed by atoms with E-state index in [1.807, 2.05) is 25.5 Å². The van der Waals surface area contributed by atoms with Crippen LogP contribution >= 0.6 is 23.1 Å². The first-order valence-corrected chi connectivity index (χ1v) is 9.46. The molecule has 0 saturated heterocycles. The molecule has 0 radical (unpaired) electrons. The molecule has 3 rings (SSSR count). The number of hydrogen-bond acceptors (Lipinski definition) is 4. The molecule has 118 valence electrons. The second kappa shape index (κ2) is 6.46. The van der Waals surface area contributed by atoms with Crippen molar-refractivity contribution in [3.05, 3.63) is 39.3 Å². The molecule has 0 fully saturated rings. The molecule has 1 aliphatic heterocycles. The van der Waals surface area contributed by atoms with Gasteiger partial charge in [0.25, 0.3) is 0 Å². The van der Waals surface area contributed by atoms with E-state index >= 15 is 0 Å². The molecule has 1 N–H and O–H groups in total. The van der Waals surface area contributed by atoms with Gasteiger partial charge in [-0.15, -0.1) is 23.1 Å². The molecule has 0 bridgehead atoms. The number of fused-ring (bicyclic) bond motifs is 1. The molecule has 0 aliphatic carbocycles. The van der Waals surface area contributed by atoms with Crippen molar-refractivity contribution in [3.63, 3.8) is 0 Å². The quantitative estimate of drug-likeness (QED) is 0.934. The van der Waals surface area contributed by atoms with Crippen molar-refractivity contribution in [2.75, 3.05) is 5.75 Å². The first-order valence-electron chi connectivity index (χ1n) is 7.54. The van der Waals surface area contributed by atoms with E-state index in [0.717, 1.165) is 23.6 Å². The number of nitrogens with one attached hydrogen (secondary N) is 1. The summed E-state index contributed by atoms with van der Waals surface area (Å²) in [6.07, 6.45) is 1.09. The zero-order valence-electron chi connectivity index (χ0n) is 13.1. The number of aryl methyl sites for hydroxylation is 3. The molecule has 1 amide bonds. The van der Waals surface area contributed by atoms with E-state index in [4.69, 9.17) is 0 Å². The van der Waals surface area contributed by atoms with Crippen molar-refractivity contribution in [2.45, 2.75) is 45.0 Å². The Kier molecular flexibility index (Phi) is 4.59. The fourth-order valence-corrected chi connectivity index (χ4v) is 5.15. The van der Waals surface area contributed by atoms with Gasteiger partial charge in [0.2, 0.25) is 5.91 Å². The lowest BCUT2D eigenvalue weighted by Gasteiger charge is -2.23. The van der Waals surface area contributed by atoms with E-state index in [-0.39, 0.29) is 17.2 Å². The fourth-order valence-electron chi connectivity index (χ4n) is 2.85. The van der Waals surface area contributed by atoms with E-state index < -0.39 is 0 Å². The minimum absolute atomic E-state index is 0.0575. The normalized spacial score (nSPS) is 18.8. The topological polar surface area (TPSA) is 46.9 Å². The summed E-state index contributed by atoms with van der Waals surface area (Å²) < 4.78 is 1.96. The summed E-state index contributed by atoms with van der Waals surface area (Å²) in [4.78, 5) is 14.0. The third-order valence-electron chi connectivity index (χ3n) is 3.85. The Bertz CT molecular complexity index is 677. The van der Waals surface area contributed by atoms with Crippen molar-refractivity contribution in [3.8, 4) is 0 Å². The summed E-state index contributed by atoms with van der Waals surface area (Å²) in [6.45, 7) is 6.78. The number of carbonyl (C=O) groups is 1. The van der Waals surface area contributed by atoms with Gasteiger partial charge in [0.05, 0.1) is 12.2 Å². The first kappa shape index (κ1) is 15.6. The Labute approximate surface area is 139 Å². The van der Waals surface area contributed by atoms with Gasteiger partial charge >= 0.3 is 0 Å². The molecule has 4 nitrogen and oxygen atoms in total. The third-order valence-corrected chi connectivity index (χ3v) is 6.09. The second-order valence-electron chi connectivity index (χ2n) is 5.82. The number of nitrogens with zero attached hydrogens (tertiary/aromatic N) is 2. The highest BCUT2D eigenvalue weighted by Crippen LogP contribution is 2.39. The standard InChI is InChI=1S/C16H21N3OS2/c1-10-8-12(3)19(18-10)9-11(2)17-16(20)15-13-4-6-21-14(13)5-7-22-15/h4,6,8,11,15H,5,7,9H2,1-3H3,(H,17,20)/t11-,15-/m1/s1.